The first-order valence-electron chi connectivity index (χ1n) is 5.15. The topological polar surface area (TPSA) is 69.9 Å². The molecule has 0 spiro atoms. The van der Waals surface area contributed by atoms with Crippen LogP contribution in [0.5, 0.6) is 0 Å². The predicted molar refractivity (Wildman–Crippen MR) is 54.0 cm³/mol. The van der Waals surface area contributed by atoms with Gasteiger partial charge in [0.25, 0.3) is 0 Å². The van der Waals surface area contributed by atoms with Crippen LogP contribution >= 0.6 is 0 Å². The van der Waals surface area contributed by atoms with Gasteiger partial charge >= 0.3 is 0 Å². The molecule has 4 heteroatoms. The van der Waals surface area contributed by atoms with Crippen molar-refractivity contribution in [2.75, 3.05) is 33.0 Å². The van der Waals surface area contributed by atoms with Crippen LogP contribution in [-0.4, -0.2) is 48.4 Å². The maximum atomic E-state index is 9.00. The van der Waals surface area contributed by atoms with Crippen molar-refractivity contribution in [3.8, 4) is 0 Å². The van der Waals surface area contributed by atoms with E-state index in [0.29, 0.717) is 19.6 Å². The minimum absolute atomic E-state index is 0.211. The SMILES string of the molecule is CCCCOCCC(CO)(CO)CO. The zero-order valence-corrected chi connectivity index (χ0v) is 8.91. The van der Waals surface area contributed by atoms with Crippen molar-refractivity contribution in [3.05, 3.63) is 0 Å². The first-order valence-corrected chi connectivity index (χ1v) is 5.15. The van der Waals surface area contributed by atoms with Crippen molar-refractivity contribution in [3.63, 3.8) is 0 Å². The average Bonchev–Trinajstić information content (AvgIpc) is 2.24. The van der Waals surface area contributed by atoms with E-state index in [0.717, 1.165) is 12.8 Å². The van der Waals surface area contributed by atoms with Gasteiger partial charge in [0.15, 0.2) is 0 Å². The predicted octanol–water partition coefficient (Wildman–Crippen LogP) is 0.157. The summed E-state index contributed by atoms with van der Waals surface area (Å²) in [5, 5.41) is 27.0. The van der Waals surface area contributed by atoms with E-state index in [1.807, 2.05) is 0 Å². The van der Waals surface area contributed by atoms with Crippen LogP contribution in [-0.2, 0) is 4.74 Å². The molecule has 0 radical (unpaired) electrons. The quantitative estimate of drug-likeness (QED) is 0.470. The molecule has 0 unspecified atom stereocenters. The summed E-state index contributed by atoms with van der Waals surface area (Å²) < 4.78 is 5.30. The van der Waals surface area contributed by atoms with Gasteiger partial charge in [-0.1, -0.05) is 13.3 Å². The molecule has 0 saturated carbocycles. The first kappa shape index (κ1) is 13.8. The number of ether oxygens (including phenoxy) is 1. The summed E-state index contributed by atoms with van der Waals surface area (Å²) in [5.74, 6) is 0. The Morgan fingerprint density at radius 2 is 1.57 bits per heavy atom. The number of rotatable bonds is 9. The molecule has 0 heterocycles. The van der Waals surface area contributed by atoms with E-state index in [-0.39, 0.29) is 19.8 Å². The molecule has 0 rings (SSSR count). The van der Waals surface area contributed by atoms with E-state index < -0.39 is 5.41 Å². The molecule has 0 aromatic carbocycles. The maximum absolute atomic E-state index is 9.00. The lowest BCUT2D eigenvalue weighted by Gasteiger charge is -2.26. The van der Waals surface area contributed by atoms with E-state index in [2.05, 4.69) is 6.92 Å². The summed E-state index contributed by atoms with van der Waals surface area (Å²) in [6.07, 6.45) is 2.59. The van der Waals surface area contributed by atoms with Crippen molar-refractivity contribution in [2.24, 2.45) is 5.41 Å². The Hall–Kier alpha value is -0.160. The molecule has 0 amide bonds. The molecule has 4 nitrogen and oxygen atoms in total. The Balaban J connectivity index is 3.61. The van der Waals surface area contributed by atoms with Crippen molar-refractivity contribution < 1.29 is 20.1 Å². The van der Waals surface area contributed by atoms with Crippen LogP contribution < -0.4 is 0 Å². The highest BCUT2D eigenvalue weighted by Gasteiger charge is 2.27. The summed E-state index contributed by atoms with van der Waals surface area (Å²) in [7, 11) is 0. The number of unbranched alkanes of at least 4 members (excludes halogenated alkanes) is 1. The number of hydrogen-bond acceptors (Lipinski definition) is 4. The Morgan fingerprint density at radius 1 is 1.00 bits per heavy atom. The number of aliphatic hydroxyl groups excluding tert-OH is 3. The Labute approximate surface area is 85.5 Å². The summed E-state index contributed by atoms with van der Waals surface area (Å²) >= 11 is 0. The van der Waals surface area contributed by atoms with Gasteiger partial charge < -0.3 is 20.1 Å². The smallest absolute Gasteiger partial charge is 0.0532 e. The highest BCUT2D eigenvalue weighted by molar-refractivity contribution is 4.76. The molecule has 0 bridgehead atoms. The van der Waals surface area contributed by atoms with Gasteiger partial charge in [0, 0.05) is 18.6 Å². The van der Waals surface area contributed by atoms with E-state index in [1.165, 1.54) is 0 Å². The Morgan fingerprint density at radius 3 is 2.00 bits per heavy atom. The molecule has 86 valence electrons. The molecule has 3 N–H and O–H groups in total. The van der Waals surface area contributed by atoms with Crippen molar-refractivity contribution in [1.82, 2.24) is 0 Å². The van der Waals surface area contributed by atoms with Crippen LogP contribution in [0.3, 0.4) is 0 Å². The van der Waals surface area contributed by atoms with E-state index in [4.69, 9.17) is 20.1 Å². The Kier molecular flexibility index (Phi) is 8.08. The molecule has 0 aliphatic rings. The molecule has 0 saturated heterocycles. The molecule has 0 atom stereocenters. The van der Waals surface area contributed by atoms with E-state index >= 15 is 0 Å². The summed E-state index contributed by atoms with van der Waals surface area (Å²) in [6, 6.07) is 0. The highest BCUT2D eigenvalue weighted by Crippen LogP contribution is 2.19. The van der Waals surface area contributed by atoms with Gasteiger partial charge in [-0.2, -0.15) is 0 Å². The fraction of sp³-hybridized carbons (Fsp3) is 1.00. The molecular formula is C10H22O4. The van der Waals surface area contributed by atoms with Gasteiger partial charge in [-0.05, 0) is 12.8 Å². The van der Waals surface area contributed by atoms with Crippen LogP contribution in [0.25, 0.3) is 0 Å². The normalized spacial score (nSPS) is 12.0. The third-order valence-electron chi connectivity index (χ3n) is 2.43. The summed E-state index contributed by atoms with van der Waals surface area (Å²) in [6.45, 7) is 2.63. The van der Waals surface area contributed by atoms with Crippen LogP contribution in [0.2, 0.25) is 0 Å². The molecular weight excluding hydrogens is 184 g/mol. The van der Waals surface area contributed by atoms with Crippen molar-refractivity contribution >= 4 is 0 Å². The largest absolute Gasteiger partial charge is 0.396 e. The molecule has 0 fully saturated rings. The van der Waals surface area contributed by atoms with Gasteiger partial charge in [0.2, 0.25) is 0 Å². The van der Waals surface area contributed by atoms with E-state index in [1.54, 1.807) is 0 Å². The van der Waals surface area contributed by atoms with Crippen molar-refractivity contribution in [1.29, 1.82) is 0 Å². The van der Waals surface area contributed by atoms with Gasteiger partial charge in [0.1, 0.15) is 0 Å². The fourth-order valence-corrected chi connectivity index (χ4v) is 1.02. The van der Waals surface area contributed by atoms with E-state index in [9.17, 15) is 0 Å². The van der Waals surface area contributed by atoms with Crippen LogP contribution in [0, 0.1) is 5.41 Å². The highest BCUT2D eigenvalue weighted by atomic mass is 16.5. The third kappa shape index (κ3) is 4.91. The maximum Gasteiger partial charge on any atom is 0.0532 e. The fourth-order valence-electron chi connectivity index (χ4n) is 1.02. The van der Waals surface area contributed by atoms with Crippen LogP contribution in [0.4, 0.5) is 0 Å². The number of aliphatic hydroxyl groups is 3. The lowest BCUT2D eigenvalue weighted by atomic mass is 9.88. The zero-order chi connectivity index (χ0) is 10.9. The van der Waals surface area contributed by atoms with Crippen LogP contribution in [0.1, 0.15) is 26.2 Å². The average molecular weight is 206 g/mol. The first-order chi connectivity index (χ1) is 6.74. The molecule has 0 aromatic heterocycles. The van der Waals surface area contributed by atoms with Gasteiger partial charge in [0.05, 0.1) is 19.8 Å². The second kappa shape index (κ2) is 8.17. The van der Waals surface area contributed by atoms with Gasteiger partial charge in [-0.25, -0.2) is 0 Å². The lowest BCUT2D eigenvalue weighted by molar-refractivity contribution is -0.0213. The standard InChI is InChI=1S/C10H22O4/c1-2-3-5-14-6-4-10(7-11,8-12)9-13/h11-13H,2-9H2,1H3. The van der Waals surface area contributed by atoms with Gasteiger partial charge in [-0.3, -0.25) is 0 Å². The number of hydrogen-bond donors (Lipinski definition) is 3. The third-order valence-corrected chi connectivity index (χ3v) is 2.43. The Bertz CT molecular complexity index is 115. The van der Waals surface area contributed by atoms with Gasteiger partial charge in [-0.15, -0.1) is 0 Å². The monoisotopic (exact) mass is 206 g/mol. The molecule has 0 aromatic rings. The lowest BCUT2D eigenvalue weighted by Crippen LogP contribution is -2.35. The zero-order valence-electron chi connectivity index (χ0n) is 8.91. The van der Waals surface area contributed by atoms with Crippen LogP contribution in [0.15, 0.2) is 0 Å². The second-order valence-corrected chi connectivity index (χ2v) is 3.69. The molecule has 0 aliphatic carbocycles. The van der Waals surface area contributed by atoms with Crippen molar-refractivity contribution in [2.45, 2.75) is 26.2 Å². The summed E-state index contributed by atoms with van der Waals surface area (Å²) in [4.78, 5) is 0. The molecule has 14 heavy (non-hydrogen) atoms. The molecule has 0 aliphatic heterocycles. The summed E-state index contributed by atoms with van der Waals surface area (Å²) in [5.41, 5.74) is -0.786. The minimum Gasteiger partial charge on any atom is -0.396 e. The minimum atomic E-state index is -0.786. The second-order valence-electron chi connectivity index (χ2n) is 3.69.